The van der Waals surface area contributed by atoms with Crippen molar-refractivity contribution in [2.45, 2.75) is 26.7 Å². The van der Waals surface area contributed by atoms with Crippen LogP contribution in [0.5, 0.6) is 0 Å². The zero-order valence-corrected chi connectivity index (χ0v) is 16.0. The highest BCUT2D eigenvalue weighted by Gasteiger charge is 2.14. The summed E-state index contributed by atoms with van der Waals surface area (Å²) in [5.74, 6) is -0.667. The molecule has 1 N–H and O–H groups in total. The van der Waals surface area contributed by atoms with Gasteiger partial charge in [0.25, 0.3) is 5.91 Å². The highest BCUT2D eigenvalue weighted by Crippen LogP contribution is 2.27. The van der Waals surface area contributed by atoms with Gasteiger partial charge in [0, 0.05) is 5.69 Å². The van der Waals surface area contributed by atoms with Crippen molar-refractivity contribution in [2.24, 2.45) is 0 Å². The number of nitrogens with one attached hydrogen (secondary N) is 1. The summed E-state index contributed by atoms with van der Waals surface area (Å²) < 4.78 is 6.73. The maximum absolute atomic E-state index is 12.3. The molecule has 1 heterocycles. The predicted molar refractivity (Wildman–Crippen MR) is 106 cm³/mol. The van der Waals surface area contributed by atoms with Crippen molar-refractivity contribution in [3.63, 3.8) is 0 Å². The third-order valence-electron chi connectivity index (χ3n) is 4.31. The van der Waals surface area contributed by atoms with E-state index in [1.54, 1.807) is 35.3 Å². The van der Waals surface area contributed by atoms with E-state index in [0.717, 1.165) is 22.5 Å². The topological polar surface area (TPSA) is 86.1 Å². The minimum absolute atomic E-state index is 0.265. The molecule has 2 aromatic carbocycles. The largest absolute Gasteiger partial charge is 0.452 e. The van der Waals surface area contributed by atoms with Crippen LogP contribution in [-0.2, 0) is 9.53 Å². The number of esters is 1. The van der Waals surface area contributed by atoms with E-state index >= 15 is 0 Å². The Morgan fingerprint density at radius 1 is 1.14 bits per heavy atom. The molecule has 0 saturated carbocycles. The number of carbonyl (C=O) groups is 2. The summed E-state index contributed by atoms with van der Waals surface area (Å²) in [6.45, 7) is 5.71. The van der Waals surface area contributed by atoms with E-state index in [1.807, 2.05) is 25.1 Å². The maximum Gasteiger partial charge on any atom is 0.338 e. The van der Waals surface area contributed by atoms with E-state index in [1.165, 1.54) is 6.33 Å². The van der Waals surface area contributed by atoms with Gasteiger partial charge in [-0.25, -0.2) is 14.5 Å². The summed E-state index contributed by atoms with van der Waals surface area (Å²) >= 11 is 0. The molecule has 0 saturated heterocycles. The SMILES string of the molecule is Cc1cccc(C(C)C)c1NC(=O)COC(=O)c1ccc(-n2cncn2)cc1. The van der Waals surface area contributed by atoms with Gasteiger partial charge in [-0.05, 0) is 48.2 Å². The van der Waals surface area contributed by atoms with Crippen molar-refractivity contribution < 1.29 is 14.3 Å². The molecule has 0 atom stereocenters. The first-order valence-corrected chi connectivity index (χ1v) is 8.97. The molecular formula is C21H22N4O3. The minimum atomic E-state index is -0.561. The molecule has 1 amide bonds. The van der Waals surface area contributed by atoms with E-state index in [0.29, 0.717) is 5.56 Å². The van der Waals surface area contributed by atoms with E-state index in [2.05, 4.69) is 29.2 Å². The van der Waals surface area contributed by atoms with Crippen LogP contribution in [0.1, 0.15) is 41.3 Å². The van der Waals surface area contributed by atoms with E-state index in [9.17, 15) is 9.59 Å². The van der Waals surface area contributed by atoms with Gasteiger partial charge in [0.15, 0.2) is 6.61 Å². The Hall–Kier alpha value is -3.48. The van der Waals surface area contributed by atoms with Crippen LogP contribution in [0.3, 0.4) is 0 Å². The number of rotatable bonds is 6. The van der Waals surface area contributed by atoms with Gasteiger partial charge in [-0.1, -0.05) is 32.0 Å². The smallest absolute Gasteiger partial charge is 0.338 e. The lowest BCUT2D eigenvalue weighted by molar-refractivity contribution is -0.119. The van der Waals surface area contributed by atoms with Crippen molar-refractivity contribution in [1.29, 1.82) is 0 Å². The number of para-hydroxylation sites is 1. The summed E-state index contributed by atoms with van der Waals surface area (Å²) in [6.07, 6.45) is 2.99. The summed E-state index contributed by atoms with van der Waals surface area (Å²) in [6, 6.07) is 12.6. The predicted octanol–water partition coefficient (Wildman–Crippen LogP) is 3.49. The lowest BCUT2D eigenvalue weighted by atomic mass is 9.98. The molecule has 0 bridgehead atoms. The lowest BCUT2D eigenvalue weighted by Gasteiger charge is -2.16. The summed E-state index contributed by atoms with van der Waals surface area (Å²) in [5, 5.41) is 6.88. The second kappa shape index (κ2) is 8.47. The first-order chi connectivity index (χ1) is 13.5. The maximum atomic E-state index is 12.3. The fourth-order valence-corrected chi connectivity index (χ4v) is 2.82. The average Bonchev–Trinajstić information content (AvgIpc) is 3.22. The molecule has 0 aliphatic carbocycles. The molecule has 3 rings (SSSR count). The van der Waals surface area contributed by atoms with Crippen molar-refractivity contribution in [3.8, 4) is 5.69 Å². The normalized spacial score (nSPS) is 10.7. The fourth-order valence-electron chi connectivity index (χ4n) is 2.82. The number of hydrogen-bond donors (Lipinski definition) is 1. The zero-order chi connectivity index (χ0) is 20.1. The number of aromatic nitrogens is 3. The second-order valence-electron chi connectivity index (χ2n) is 6.71. The van der Waals surface area contributed by atoms with Crippen molar-refractivity contribution in [1.82, 2.24) is 14.8 Å². The minimum Gasteiger partial charge on any atom is -0.452 e. The van der Waals surface area contributed by atoms with E-state index in [4.69, 9.17) is 4.74 Å². The average molecular weight is 378 g/mol. The molecular weight excluding hydrogens is 356 g/mol. The Labute approximate surface area is 163 Å². The van der Waals surface area contributed by atoms with Gasteiger partial charge >= 0.3 is 5.97 Å². The van der Waals surface area contributed by atoms with Gasteiger partial charge in [0.05, 0.1) is 11.3 Å². The van der Waals surface area contributed by atoms with E-state index < -0.39 is 5.97 Å². The molecule has 1 aromatic heterocycles. The quantitative estimate of drug-likeness (QED) is 0.664. The van der Waals surface area contributed by atoms with Crippen LogP contribution in [0.4, 0.5) is 5.69 Å². The summed E-state index contributed by atoms with van der Waals surface area (Å²) in [4.78, 5) is 28.4. The van der Waals surface area contributed by atoms with Gasteiger partial charge in [-0.2, -0.15) is 5.10 Å². The lowest BCUT2D eigenvalue weighted by Crippen LogP contribution is -2.22. The first-order valence-electron chi connectivity index (χ1n) is 8.97. The Balaban J connectivity index is 1.60. The zero-order valence-electron chi connectivity index (χ0n) is 16.0. The number of amides is 1. The van der Waals surface area contributed by atoms with Gasteiger partial charge in [0.1, 0.15) is 12.7 Å². The molecule has 7 heteroatoms. The molecule has 28 heavy (non-hydrogen) atoms. The Morgan fingerprint density at radius 3 is 2.54 bits per heavy atom. The molecule has 0 aliphatic rings. The Kier molecular flexibility index (Phi) is 5.84. The molecule has 0 radical (unpaired) electrons. The van der Waals surface area contributed by atoms with Crippen LogP contribution < -0.4 is 5.32 Å². The standard InChI is InChI=1S/C21H22N4O3/c1-14(2)18-6-4-5-15(3)20(18)24-19(26)11-28-21(27)16-7-9-17(10-8-16)25-13-22-12-23-25/h4-10,12-14H,11H2,1-3H3,(H,24,26). The summed E-state index contributed by atoms with van der Waals surface area (Å²) in [7, 11) is 0. The number of aryl methyl sites for hydroxylation is 1. The van der Waals surface area contributed by atoms with Crippen molar-refractivity contribution in [2.75, 3.05) is 11.9 Å². The van der Waals surface area contributed by atoms with Crippen LogP contribution in [0.2, 0.25) is 0 Å². The molecule has 7 nitrogen and oxygen atoms in total. The van der Waals surface area contributed by atoms with Crippen LogP contribution in [0.15, 0.2) is 55.1 Å². The molecule has 0 fully saturated rings. The Bertz CT molecular complexity index is 964. The first kappa shape index (κ1) is 19.3. The Morgan fingerprint density at radius 2 is 1.89 bits per heavy atom. The molecule has 144 valence electrons. The van der Waals surface area contributed by atoms with Crippen molar-refractivity contribution in [3.05, 3.63) is 71.8 Å². The third kappa shape index (κ3) is 4.43. The number of carbonyl (C=O) groups excluding carboxylic acids is 2. The molecule has 0 spiro atoms. The van der Waals surface area contributed by atoms with Gasteiger partial charge in [0.2, 0.25) is 0 Å². The van der Waals surface area contributed by atoms with Crippen molar-refractivity contribution >= 4 is 17.6 Å². The molecule has 0 unspecified atom stereocenters. The number of ether oxygens (including phenoxy) is 1. The summed E-state index contributed by atoms with van der Waals surface area (Å²) in [5.41, 5.74) is 3.91. The fraction of sp³-hybridized carbons (Fsp3) is 0.238. The molecule has 3 aromatic rings. The van der Waals surface area contributed by atoms with Crippen LogP contribution >= 0.6 is 0 Å². The number of benzene rings is 2. The highest BCUT2D eigenvalue weighted by molar-refractivity contribution is 5.96. The van der Waals surface area contributed by atoms with Crippen LogP contribution in [0, 0.1) is 6.92 Å². The van der Waals surface area contributed by atoms with Crippen LogP contribution in [0.25, 0.3) is 5.69 Å². The molecule has 0 aliphatic heterocycles. The second-order valence-corrected chi connectivity index (χ2v) is 6.71. The highest BCUT2D eigenvalue weighted by atomic mass is 16.5. The van der Waals surface area contributed by atoms with E-state index in [-0.39, 0.29) is 18.4 Å². The monoisotopic (exact) mass is 378 g/mol. The van der Waals surface area contributed by atoms with Gasteiger partial charge in [-0.3, -0.25) is 4.79 Å². The van der Waals surface area contributed by atoms with Gasteiger partial charge < -0.3 is 10.1 Å². The number of hydrogen-bond acceptors (Lipinski definition) is 5. The number of anilines is 1. The number of nitrogens with zero attached hydrogens (tertiary/aromatic N) is 3. The van der Waals surface area contributed by atoms with Gasteiger partial charge in [-0.15, -0.1) is 0 Å². The third-order valence-corrected chi connectivity index (χ3v) is 4.31. The van der Waals surface area contributed by atoms with Crippen LogP contribution in [-0.4, -0.2) is 33.2 Å².